The molecule has 2 aromatic carbocycles. The van der Waals surface area contributed by atoms with Crippen LogP contribution >= 0.6 is 23.2 Å². The van der Waals surface area contributed by atoms with Crippen molar-refractivity contribution in [2.24, 2.45) is 4.99 Å². The van der Waals surface area contributed by atoms with Gasteiger partial charge < -0.3 is 4.74 Å². The fraction of sp³-hybridized carbons (Fsp3) is 0.0588. The smallest absolute Gasteiger partial charge is 0.363 e. The minimum Gasteiger partial charge on any atom is -0.402 e. The monoisotopic (exact) mass is 376 g/mol. The maximum atomic E-state index is 12.0. The number of esters is 1. The summed E-state index contributed by atoms with van der Waals surface area (Å²) in [5, 5.41) is 11.8. The van der Waals surface area contributed by atoms with Gasteiger partial charge in [0.1, 0.15) is 0 Å². The lowest BCUT2D eigenvalue weighted by Gasteiger charge is -2.01. The van der Waals surface area contributed by atoms with Crippen molar-refractivity contribution < 1.29 is 14.5 Å². The molecule has 1 aliphatic heterocycles. The van der Waals surface area contributed by atoms with Crippen molar-refractivity contribution >= 4 is 46.8 Å². The van der Waals surface area contributed by atoms with Gasteiger partial charge in [-0.15, -0.1) is 0 Å². The van der Waals surface area contributed by atoms with Crippen LogP contribution in [0.25, 0.3) is 6.08 Å². The van der Waals surface area contributed by atoms with Crippen molar-refractivity contribution in [3.63, 3.8) is 0 Å². The Morgan fingerprint density at radius 3 is 2.52 bits per heavy atom. The van der Waals surface area contributed by atoms with Gasteiger partial charge in [-0.2, -0.15) is 0 Å². The van der Waals surface area contributed by atoms with Gasteiger partial charge in [0.25, 0.3) is 5.69 Å². The zero-order valence-corrected chi connectivity index (χ0v) is 14.3. The van der Waals surface area contributed by atoms with Crippen LogP contribution in [-0.2, 0) is 9.53 Å². The molecule has 0 saturated carbocycles. The lowest BCUT2D eigenvalue weighted by atomic mass is 10.1. The molecule has 25 heavy (non-hydrogen) atoms. The Morgan fingerprint density at radius 1 is 1.20 bits per heavy atom. The van der Waals surface area contributed by atoms with Gasteiger partial charge in [-0.1, -0.05) is 35.3 Å². The predicted octanol–water partition coefficient (Wildman–Crippen LogP) is 4.55. The first-order chi connectivity index (χ1) is 11.9. The molecule has 0 aliphatic carbocycles. The maximum Gasteiger partial charge on any atom is 0.363 e. The number of cyclic esters (lactones) is 1. The van der Waals surface area contributed by atoms with E-state index in [4.69, 9.17) is 27.9 Å². The van der Waals surface area contributed by atoms with Crippen LogP contribution < -0.4 is 0 Å². The number of nitro benzene ring substituents is 1. The first-order valence-corrected chi connectivity index (χ1v) is 7.84. The predicted molar refractivity (Wildman–Crippen MR) is 94.9 cm³/mol. The van der Waals surface area contributed by atoms with Gasteiger partial charge in [0.2, 0.25) is 5.90 Å². The lowest BCUT2D eigenvalue weighted by molar-refractivity contribution is -0.385. The Balaban J connectivity index is 2.03. The van der Waals surface area contributed by atoms with Crippen LogP contribution in [0.1, 0.15) is 16.7 Å². The minimum atomic E-state index is -0.686. The number of aryl methyl sites for hydroxylation is 1. The number of rotatable bonds is 3. The molecule has 0 saturated heterocycles. The van der Waals surface area contributed by atoms with E-state index < -0.39 is 10.9 Å². The summed E-state index contributed by atoms with van der Waals surface area (Å²) in [6.45, 7) is 1.62. The first-order valence-electron chi connectivity index (χ1n) is 7.09. The van der Waals surface area contributed by atoms with Crippen molar-refractivity contribution in [2.75, 3.05) is 0 Å². The van der Waals surface area contributed by atoms with E-state index in [9.17, 15) is 14.9 Å². The third-order valence-corrected chi connectivity index (χ3v) is 4.21. The lowest BCUT2D eigenvalue weighted by Crippen LogP contribution is -2.06. The number of nitro groups is 1. The topological polar surface area (TPSA) is 81.8 Å². The number of halogens is 2. The van der Waals surface area contributed by atoms with Gasteiger partial charge in [0, 0.05) is 32.8 Å². The normalized spacial score (nSPS) is 15.2. The van der Waals surface area contributed by atoms with Crippen molar-refractivity contribution in [3.8, 4) is 0 Å². The molecule has 6 nitrogen and oxygen atoms in total. The molecule has 0 N–H and O–H groups in total. The summed E-state index contributed by atoms with van der Waals surface area (Å²) in [5.41, 5.74) is 1.20. The molecule has 2 aromatic rings. The van der Waals surface area contributed by atoms with E-state index >= 15 is 0 Å². The zero-order chi connectivity index (χ0) is 18.1. The summed E-state index contributed by atoms with van der Waals surface area (Å²) in [7, 11) is 0. The molecule has 1 aliphatic rings. The van der Waals surface area contributed by atoms with E-state index in [1.165, 1.54) is 12.1 Å². The number of aliphatic imine (C=N–C) groups is 1. The van der Waals surface area contributed by atoms with Crippen LogP contribution in [0.4, 0.5) is 5.69 Å². The van der Waals surface area contributed by atoms with Crippen LogP contribution in [0.3, 0.4) is 0 Å². The van der Waals surface area contributed by atoms with Gasteiger partial charge in [0.15, 0.2) is 5.70 Å². The zero-order valence-electron chi connectivity index (χ0n) is 12.8. The fourth-order valence-corrected chi connectivity index (χ4v) is 2.76. The second-order valence-electron chi connectivity index (χ2n) is 5.23. The molecule has 0 amide bonds. The van der Waals surface area contributed by atoms with E-state index in [-0.39, 0.29) is 17.3 Å². The molecular weight excluding hydrogens is 367 g/mol. The number of carbonyl (C=O) groups excluding carboxylic acids is 1. The van der Waals surface area contributed by atoms with Crippen LogP contribution in [-0.4, -0.2) is 16.8 Å². The Labute approximate surface area is 152 Å². The van der Waals surface area contributed by atoms with Crippen molar-refractivity contribution in [1.82, 2.24) is 0 Å². The molecule has 0 unspecified atom stereocenters. The third kappa shape index (κ3) is 3.40. The largest absolute Gasteiger partial charge is 0.402 e. The number of ether oxygens (including phenoxy) is 1. The number of nitrogens with zero attached hydrogens (tertiary/aromatic N) is 2. The number of benzene rings is 2. The molecule has 0 aromatic heterocycles. The highest BCUT2D eigenvalue weighted by molar-refractivity contribution is 6.37. The van der Waals surface area contributed by atoms with Crippen molar-refractivity contribution in [1.29, 1.82) is 0 Å². The molecule has 0 atom stereocenters. The molecule has 1 heterocycles. The molecule has 0 bridgehead atoms. The van der Waals surface area contributed by atoms with Gasteiger partial charge in [-0.05, 0) is 31.2 Å². The van der Waals surface area contributed by atoms with Crippen molar-refractivity contribution in [2.45, 2.75) is 6.92 Å². The highest BCUT2D eigenvalue weighted by atomic mass is 35.5. The standard InChI is InChI=1S/C17H10Cl2N2O4/c1-9-5-6-10(7-15(9)21(23)24)16-20-14(17(22)25-16)8-11-12(18)3-2-4-13(11)19/h2-8H,1H3/b14-8-. The molecule has 3 rings (SSSR count). The van der Waals surface area contributed by atoms with Gasteiger partial charge >= 0.3 is 5.97 Å². The number of carbonyl (C=O) groups is 1. The van der Waals surface area contributed by atoms with E-state index in [0.29, 0.717) is 26.7 Å². The van der Waals surface area contributed by atoms with E-state index in [1.54, 1.807) is 37.3 Å². The highest BCUT2D eigenvalue weighted by Gasteiger charge is 2.26. The van der Waals surface area contributed by atoms with Crippen LogP contribution in [0, 0.1) is 17.0 Å². The van der Waals surface area contributed by atoms with Crippen LogP contribution in [0.15, 0.2) is 47.1 Å². The van der Waals surface area contributed by atoms with Crippen LogP contribution in [0.2, 0.25) is 10.0 Å². The van der Waals surface area contributed by atoms with Gasteiger partial charge in [-0.3, -0.25) is 10.1 Å². The maximum absolute atomic E-state index is 12.0. The molecule has 0 radical (unpaired) electrons. The summed E-state index contributed by atoms with van der Waals surface area (Å²) in [5.74, 6) is -0.697. The summed E-state index contributed by atoms with van der Waals surface area (Å²) in [4.78, 5) is 26.7. The van der Waals surface area contributed by atoms with Gasteiger partial charge in [-0.25, -0.2) is 9.79 Å². The molecule has 0 fully saturated rings. The van der Waals surface area contributed by atoms with Gasteiger partial charge in [0.05, 0.1) is 4.92 Å². The highest BCUT2D eigenvalue weighted by Crippen LogP contribution is 2.29. The summed E-state index contributed by atoms with van der Waals surface area (Å²) >= 11 is 12.2. The van der Waals surface area contributed by atoms with Crippen molar-refractivity contribution in [3.05, 3.63) is 78.9 Å². The molecule has 0 spiro atoms. The number of hydrogen-bond donors (Lipinski definition) is 0. The summed E-state index contributed by atoms with van der Waals surface area (Å²) < 4.78 is 5.12. The first kappa shape index (κ1) is 17.1. The van der Waals surface area contributed by atoms with Crippen LogP contribution in [0.5, 0.6) is 0 Å². The Hall–Kier alpha value is -2.70. The third-order valence-electron chi connectivity index (χ3n) is 3.55. The Kier molecular flexibility index (Phi) is 4.57. The SMILES string of the molecule is Cc1ccc(C2=N/C(=C\c3c(Cl)cccc3Cl)C(=O)O2)cc1[N+](=O)[O-]. The average molecular weight is 377 g/mol. The molecule has 8 heteroatoms. The Morgan fingerprint density at radius 2 is 1.88 bits per heavy atom. The minimum absolute atomic E-state index is 0.00762. The average Bonchev–Trinajstić information content (AvgIpc) is 2.92. The second kappa shape index (κ2) is 6.66. The number of hydrogen-bond acceptors (Lipinski definition) is 5. The molecule has 126 valence electrons. The fourth-order valence-electron chi connectivity index (χ4n) is 2.26. The van der Waals surface area contributed by atoms with E-state index in [0.717, 1.165) is 0 Å². The quantitative estimate of drug-likeness (QED) is 0.340. The van der Waals surface area contributed by atoms with E-state index in [1.807, 2.05) is 0 Å². The second-order valence-corrected chi connectivity index (χ2v) is 6.04. The van der Waals surface area contributed by atoms with E-state index in [2.05, 4.69) is 4.99 Å². The Bertz CT molecular complexity index is 947. The summed E-state index contributed by atoms with van der Waals surface area (Å²) in [6.07, 6.45) is 1.42. The molecular formula is C17H10Cl2N2O4. The summed E-state index contributed by atoms with van der Waals surface area (Å²) in [6, 6.07) is 9.42.